The first-order chi connectivity index (χ1) is 8.63. The summed E-state index contributed by atoms with van der Waals surface area (Å²) in [6.07, 6.45) is 6.31. The van der Waals surface area contributed by atoms with Gasteiger partial charge in [0, 0.05) is 17.9 Å². The quantitative estimate of drug-likeness (QED) is 0.755. The minimum absolute atomic E-state index is 0.0980. The van der Waals surface area contributed by atoms with Gasteiger partial charge in [-0.2, -0.15) is 0 Å². The van der Waals surface area contributed by atoms with Gasteiger partial charge in [0.05, 0.1) is 5.41 Å². The Balaban J connectivity index is 2.06. The van der Waals surface area contributed by atoms with Crippen LogP contribution in [0.4, 0.5) is 0 Å². The summed E-state index contributed by atoms with van der Waals surface area (Å²) < 4.78 is 0. The van der Waals surface area contributed by atoms with Gasteiger partial charge < -0.3 is 0 Å². The number of ketones is 2. The molecule has 2 nitrogen and oxygen atoms in total. The highest BCUT2D eigenvalue weighted by molar-refractivity contribution is 6.09. The summed E-state index contributed by atoms with van der Waals surface area (Å²) in [5.74, 6) is 0.213. The van der Waals surface area contributed by atoms with Crippen LogP contribution >= 0.6 is 0 Å². The van der Waals surface area contributed by atoms with Gasteiger partial charge in [-0.25, -0.2) is 0 Å². The Morgan fingerprint density at radius 2 is 2.00 bits per heavy atom. The van der Waals surface area contributed by atoms with Crippen molar-refractivity contribution in [3.8, 4) is 0 Å². The molecule has 2 aliphatic carbocycles. The molecule has 92 valence electrons. The molecule has 0 heterocycles. The average Bonchev–Trinajstić information content (AvgIpc) is 2.81. The minimum Gasteiger partial charge on any atom is -0.299 e. The Hall–Kier alpha value is -1.70. The van der Waals surface area contributed by atoms with Gasteiger partial charge in [-0.05, 0) is 25.3 Å². The van der Waals surface area contributed by atoms with Crippen molar-refractivity contribution < 1.29 is 9.59 Å². The van der Waals surface area contributed by atoms with Crippen molar-refractivity contribution in [1.82, 2.24) is 0 Å². The molecule has 1 aromatic rings. The third-order valence-corrected chi connectivity index (χ3v) is 4.33. The van der Waals surface area contributed by atoms with E-state index >= 15 is 0 Å². The van der Waals surface area contributed by atoms with Gasteiger partial charge >= 0.3 is 0 Å². The molecular formula is C16H16O2. The molecule has 0 radical (unpaired) electrons. The Labute approximate surface area is 107 Å². The molecule has 0 aromatic heterocycles. The molecule has 3 rings (SSSR count). The first kappa shape index (κ1) is 11.4. The number of hydrogen-bond donors (Lipinski definition) is 0. The minimum atomic E-state index is -0.637. The zero-order chi connectivity index (χ0) is 12.8. The summed E-state index contributed by atoms with van der Waals surface area (Å²) in [5.41, 5.74) is 1.08. The van der Waals surface area contributed by atoms with E-state index in [0.717, 1.165) is 24.0 Å². The molecule has 0 unspecified atom stereocenters. The van der Waals surface area contributed by atoms with Gasteiger partial charge in [-0.3, -0.25) is 9.59 Å². The van der Waals surface area contributed by atoms with Crippen LogP contribution in [-0.2, 0) is 4.79 Å². The molecule has 0 N–H and O–H groups in total. The lowest BCUT2D eigenvalue weighted by molar-refractivity contribution is -0.122. The van der Waals surface area contributed by atoms with E-state index in [0.29, 0.717) is 6.42 Å². The SMILES string of the molecule is C[C@@]1([C@H]2CCCC2=O)C=Cc2ccccc2C1=O. The molecule has 1 saturated carbocycles. The summed E-state index contributed by atoms with van der Waals surface area (Å²) in [4.78, 5) is 24.6. The van der Waals surface area contributed by atoms with Crippen molar-refractivity contribution in [3.63, 3.8) is 0 Å². The fourth-order valence-electron chi connectivity index (χ4n) is 3.20. The summed E-state index contributed by atoms with van der Waals surface area (Å²) in [6.45, 7) is 1.91. The van der Waals surface area contributed by atoms with Crippen molar-refractivity contribution in [2.75, 3.05) is 0 Å². The average molecular weight is 240 g/mol. The second-order valence-corrected chi connectivity index (χ2v) is 5.44. The van der Waals surface area contributed by atoms with Gasteiger partial charge in [0.1, 0.15) is 5.78 Å². The highest BCUT2D eigenvalue weighted by Crippen LogP contribution is 2.44. The van der Waals surface area contributed by atoms with Crippen LogP contribution in [0.5, 0.6) is 0 Å². The predicted molar refractivity (Wildman–Crippen MR) is 70.3 cm³/mol. The largest absolute Gasteiger partial charge is 0.299 e. The van der Waals surface area contributed by atoms with Gasteiger partial charge in [0.2, 0.25) is 0 Å². The van der Waals surface area contributed by atoms with Crippen LogP contribution in [0.2, 0.25) is 0 Å². The molecule has 0 aliphatic heterocycles. The van der Waals surface area contributed by atoms with E-state index in [1.54, 1.807) is 0 Å². The molecule has 18 heavy (non-hydrogen) atoms. The number of carbonyl (C=O) groups excluding carboxylic acids is 2. The van der Waals surface area contributed by atoms with Gasteiger partial charge in [0.25, 0.3) is 0 Å². The van der Waals surface area contributed by atoms with Crippen LogP contribution in [0.15, 0.2) is 30.3 Å². The third kappa shape index (κ3) is 1.48. The molecule has 0 amide bonds. The van der Waals surface area contributed by atoms with Crippen molar-refractivity contribution in [3.05, 3.63) is 41.5 Å². The zero-order valence-corrected chi connectivity index (χ0v) is 10.5. The summed E-state index contributed by atoms with van der Waals surface area (Å²) >= 11 is 0. The third-order valence-electron chi connectivity index (χ3n) is 4.33. The number of allylic oxidation sites excluding steroid dienone is 1. The maximum Gasteiger partial charge on any atom is 0.173 e. The van der Waals surface area contributed by atoms with Gasteiger partial charge in [-0.15, -0.1) is 0 Å². The molecule has 2 aliphatic rings. The van der Waals surface area contributed by atoms with Crippen LogP contribution in [0, 0.1) is 11.3 Å². The first-order valence-electron chi connectivity index (χ1n) is 6.49. The van der Waals surface area contributed by atoms with E-state index in [2.05, 4.69) is 0 Å². The molecule has 0 bridgehead atoms. The Morgan fingerprint density at radius 3 is 2.72 bits per heavy atom. The molecule has 2 heteroatoms. The molecule has 0 spiro atoms. The standard InChI is InChI=1S/C16H16O2/c1-16(13-7-4-8-14(13)17)10-9-11-5-2-3-6-12(11)15(16)18/h2-3,5-6,9-10,13H,4,7-8H2,1H3/t13-,16-/m0/s1. The van der Waals surface area contributed by atoms with E-state index in [1.807, 2.05) is 43.3 Å². The van der Waals surface area contributed by atoms with E-state index in [1.165, 1.54) is 0 Å². The highest BCUT2D eigenvalue weighted by atomic mass is 16.1. The number of Topliss-reactive ketones (excluding diaryl/α,β-unsaturated/α-hetero) is 2. The summed E-state index contributed by atoms with van der Waals surface area (Å²) in [7, 11) is 0. The fourth-order valence-corrected chi connectivity index (χ4v) is 3.20. The van der Waals surface area contributed by atoms with Crippen LogP contribution in [0.3, 0.4) is 0 Å². The van der Waals surface area contributed by atoms with Crippen LogP contribution in [0.1, 0.15) is 42.1 Å². The lowest BCUT2D eigenvalue weighted by Gasteiger charge is -2.33. The van der Waals surface area contributed by atoms with E-state index in [9.17, 15) is 9.59 Å². The zero-order valence-electron chi connectivity index (χ0n) is 10.5. The van der Waals surface area contributed by atoms with Crippen molar-refractivity contribution in [2.24, 2.45) is 11.3 Å². The first-order valence-corrected chi connectivity index (χ1v) is 6.49. The summed E-state index contributed by atoms with van der Waals surface area (Å²) in [5, 5.41) is 0. The normalized spacial score (nSPS) is 30.6. The highest BCUT2D eigenvalue weighted by Gasteiger charge is 2.46. The molecular weight excluding hydrogens is 224 g/mol. The van der Waals surface area contributed by atoms with Crippen molar-refractivity contribution >= 4 is 17.6 Å². The van der Waals surface area contributed by atoms with E-state index in [4.69, 9.17) is 0 Å². The lowest BCUT2D eigenvalue weighted by atomic mass is 9.67. The summed E-state index contributed by atoms with van der Waals surface area (Å²) in [6, 6.07) is 7.62. The van der Waals surface area contributed by atoms with Crippen LogP contribution in [-0.4, -0.2) is 11.6 Å². The van der Waals surface area contributed by atoms with Crippen LogP contribution in [0.25, 0.3) is 6.08 Å². The second-order valence-electron chi connectivity index (χ2n) is 5.44. The van der Waals surface area contributed by atoms with E-state index < -0.39 is 5.41 Å². The monoisotopic (exact) mass is 240 g/mol. The molecule has 1 aromatic carbocycles. The second kappa shape index (κ2) is 3.91. The topological polar surface area (TPSA) is 34.1 Å². The smallest absolute Gasteiger partial charge is 0.173 e. The molecule has 2 atom stereocenters. The number of carbonyl (C=O) groups is 2. The maximum atomic E-state index is 12.7. The number of benzene rings is 1. The Bertz CT molecular complexity index is 556. The van der Waals surface area contributed by atoms with Gasteiger partial charge in [0.15, 0.2) is 5.78 Å². The Morgan fingerprint density at radius 1 is 1.22 bits per heavy atom. The number of rotatable bonds is 1. The molecule has 1 fully saturated rings. The predicted octanol–water partition coefficient (Wildman–Crippen LogP) is 3.27. The number of hydrogen-bond acceptors (Lipinski definition) is 2. The van der Waals surface area contributed by atoms with E-state index in [-0.39, 0.29) is 17.5 Å². The van der Waals surface area contributed by atoms with Crippen molar-refractivity contribution in [2.45, 2.75) is 26.2 Å². The fraction of sp³-hybridized carbons (Fsp3) is 0.375. The number of fused-ring (bicyclic) bond motifs is 1. The maximum absolute atomic E-state index is 12.7. The molecule has 0 saturated heterocycles. The lowest BCUT2D eigenvalue weighted by Crippen LogP contribution is -2.38. The Kier molecular flexibility index (Phi) is 2.47. The van der Waals surface area contributed by atoms with Crippen molar-refractivity contribution in [1.29, 1.82) is 0 Å². The van der Waals surface area contributed by atoms with Gasteiger partial charge in [-0.1, -0.05) is 36.4 Å². The van der Waals surface area contributed by atoms with Crippen LogP contribution < -0.4 is 0 Å².